The van der Waals surface area contributed by atoms with E-state index in [2.05, 4.69) is 5.32 Å². The van der Waals surface area contributed by atoms with Gasteiger partial charge < -0.3 is 20.9 Å². The molecule has 3 atom stereocenters. The van der Waals surface area contributed by atoms with Gasteiger partial charge in [0.15, 0.2) is 0 Å². The van der Waals surface area contributed by atoms with E-state index in [4.69, 9.17) is 10.5 Å². The highest BCUT2D eigenvalue weighted by Crippen LogP contribution is 2.10. The van der Waals surface area contributed by atoms with Gasteiger partial charge in [0.2, 0.25) is 0 Å². The van der Waals surface area contributed by atoms with Crippen LogP contribution in [0, 0.1) is 0 Å². The van der Waals surface area contributed by atoms with E-state index in [-0.39, 0.29) is 12.1 Å². The van der Waals surface area contributed by atoms with Crippen molar-refractivity contribution in [3.8, 4) is 0 Å². The van der Waals surface area contributed by atoms with Crippen molar-refractivity contribution in [2.45, 2.75) is 77.7 Å². The molecule has 5 heteroatoms. The van der Waals surface area contributed by atoms with Crippen LogP contribution in [0.4, 0.5) is 4.79 Å². The summed E-state index contributed by atoms with van der Waals surface area (Å²) in [5.41, 5.74) is 5.25. The van der Waals surface area contributed by atoms with Crippen molar-refractivity contribution in [3.05, 3.63) is 0 Å². The lowest BCUT2D eigenvalue weighted by atomic mass is 10.0. The molecule has 0 radical (unpaired) electrons. The third-order valence-electron chi connectivity index (χ3n) is 2.71. The molecule has 3 unspecified atom stereocenters. The highest BCUT2D eigenvalue weighted by molar-refractivity contribution is 5.68. The molecule has 108 valence electrons. The van der Waals surface area contributed by atoms with E-state index in [1.807, 2.05) is 34.6 Å². The molecule has 0 aromatic rings. The molecule has 0 aliphatic carbocycles. The largest absolute Gasteiger partial charge is 0.444 e. The Balaban J connectivity index is 4.23. The van der Waals surface area contributed by atoms with Gasteiger partial charge in [-0.15, -0.1) is 0 Å². The van der Waals surface area contributed by atoms with E-state index in [1.165, 1.54) is 0 Å². The topological polar surface area (TPSA) is 84.6 Å². The number of aliphatic hydroxyl groups is 1. The number of nitrogens with one attached hydrogen (secondary N) is 1. The second-order valence-electron chi connectivity index (χ2n) is 5.63. The lowest BCUT2D eigenvalue weighted by Gasteiger charge is -2.26. The quantitative estimate of drug-likeness (QED) is 0.679. The second kappa shape index (κ2) is 7.59. The molecule has 0 heterocycles. The molecule has 4 N–H and O–H groups in total. The van der Waals surface area contributed by atoms with Crippen molar-refractivity contribution in [1.82, 2.24) is 5.32 Å². The smallest absolute Gasteiger partial charge is 0.407 e. The number of carbonyl (C=O) groups is 1. The fourth-order valence-corrected chi connectivity index (χ4v) is 1.54. The minimum Gasteiger partial charge on any atom is -0.444 e. The Morgan fingerprint density at radius 3 is 2.28 bits per heavy atom. The predicted molar refractivity (Wildman–Crippen MR) is 72.3 cm³/mol. The summed E-state index contributed by atoms with van der Waals surface area (Å²) in [7, 11) is 0. The Hall–Kier alpha value is -0.810. The highest BCUT2D eigenvalue weighted by Gasteiger charge is 2.22. The fraction of sp³-hybridized carbons (Fsp3) is 0.923. The van der Waals surface area contributed by atoms with E-state index in [9.17, 15) is 9.90 Å². The van der Waals surface area contributed by atoms with Crippen molar-refractivity contribution in [3.63, 3.8) is 0 Å². The summed E-state index contributed by atoms with van der Waals surface area (Å²) < 4.78 is 5.18. The van der Waals surface area contributed by atoms with Crippen LogP contribution in [-0.4, -0.2) is 35.0 Å². The van der Waals surface area contributed by atoms with E-state index >= 15 is 0 Å². The van der Waals surface area contributed by atoms with Crippen LogP contribution in [0.25, 0.3) is 0 Å². The standard InChI is InChI=1S/C13H28N2O3/c1-6-9(8-11(16)10(14)7-2)15-12(17)18-13(3,4)5/h9-11,16H,6-8,14H2,1-5H3,(H,15,17). The SMILES string of the molecule is CCC(CC(O)C(N)CC)NC(=O)OC(C)(C)C. The van der Waals surface area contributed by atoms with Gasteiger partial charge in [0.25, 0.3) is 0 Å². The zero-order valence-electron chi connectivity index (χ0n) is 12.2. The number of nitrogens with two attached hydrogens (primary N) is 1. The molecule has 18 heavy (non-hydrogen) atoms. The Bertz CT molecular complexity index is 251. The number of rotatable bonds is 6. The first-order valence-electron chi connectivity index (χ1n) is 6.62. The van der Waals surface area contributed by atoms with Crippen molar-refractivity contribution < 1.29 is 14.6 Å². The van der Waals surface area contributed by atoms with Crippen LogP contribution in [0.1, 0.15) is 53.9 Å². The van der Waals surface area contributed by atoms with Crippen LogP contribution < -0.4 is 11.1 Å². The minimum atomic E-state index is -0.602. The summed E-state index contributed by atoms with van der Waals surface area (Å²) in [4.78, 5) is 11.6. The van der Waals surface area contributed by atoms with Crippen LogP contribution >= 0.6 is 0 Å². The summed E-state index contributed by atoms with van der Waals surface area (Å²) in [6.07, 6.45) is 0.836. The number of hydrogen-bond donors (Lipinski definition) is 3. The molecule has 0 saturated carbocycles. The Labute approximate surface area is 110 Å². The van der Waals surface area contributed by atoms with Crippen molar-refractivity contribution in [2.75, 3.05) is 0 Å². The van der Waals surface area contributed by atoms with Crippen LogP contribution in [0.2, 0.25) is 0 Å². The molecule has 0 spiro atoms. The maximum Gasteiger partial charge on any atom is 0.407 e. The number of amides is 1. The first-order chi connectivity index (χ1) is 8.19. The number of hydrogen-bond acceptors (Lipinski definition) is 4. The summed E-state index contributed by atoms with van der Waals surface area (Å²) in [5.74, 6) is 0. The molecule has 0 aromatic heterocycles. The molecule has 0 aliphatic rings. The van der Waals surface area contributed by atoms with E-state index in [0.29, 0.717) is 12.8 Å². The number of carbonyl (C=O) groups excluding carboxylic acids is 1. The van der Waals surface area contributed by atoms with Crippen molar-refractivity contribution in [2.24, 2.45) is 5.73 Å². The third-order valence-corrected chi connectivity index (χ3v) is 2.71. The van der Waals surface area contributed by atoms with Crippen LogP contribution in [-0.2, 0) is 4.74 Å². The summed E-state index contributed by atoms with van der Waals surface area (Å²) >= 11 is 0. The van der Waals surface area contributed by atoms with Crippen molar-refractivity contribution >= 4 is 6.09 Å². The zero-order chi connectivity index (χ0) is 14.3. The fourth-order valence-electron chi connectivity index (χ4n) is 1.54. The minimum absolute atomic E-state index is 0.118. The van der Waals surface area contributed by atoms with Gasteiger partial charge in [-0.05, 0) is 40.0 Å². The summed E-state index contributed by atoms with van der Waals surface area (Å²) in [6, 6.07) is -0.369. The molecule has 0 aliphatic heterocycles. The maximum absolute atomic E-state index is 11.6. The zero-order valence-corrected chi connectivity index (χ0v) is 12.2. The first-order valence-corrected chi connectivity index (χ1v) is 6.62. The van der Waals surface area contributed by atoms with Crippen LogP contribution in [0.5, 0.6) is 0 Å². The normalized spacial score (nSPS) is 16.8. The van der Waals surface area contributed by atoms with E-state index in [1.54, 1.807) is 0 Å². The van der Waals surface area contributed by atoms with E-state index in [0.717, 1.165) is 6.42 Å². The van der Waals surface area contributed by atoms with Gasteiger partial charge in [-0.2, -0.15) is 0 Å². The van der Waals surface area contributed by atoms with E-state index < -0.39 is 17.8 Å². The molecule has 0 rings (SSSR count). The van der Waals surface area contributed by atoms with Gasteiger partial charge in [0.1, 0.15) is 5.60 Å². The Morgan fingerprint density at radius 1 is 1.33 bits per heavy atom. The van der Waals surface area contributed by atoms with Gasteiger partial charge in [0.05, 0.1) is 6.10 Å². The number of ether oxygens (including phenoxy) is 1. The maximum atomic E-state index is 11.6. The highest BCUT2D eigenvalue weighted by atomic mass is 16.6. The van der Waals surface area contributed by atoms with Gasteiger partial charge in [-0.1, -0.05) is 13.8 Å². The van der Waals surface area contributed by atoms with Crippen LogP contribution in [0.15, 0.2) is 0 Å². The molecule has 0 fully saturated rings. The monoisotopic (exact) mass is 260 g/mol. The predicted octanol–water partition coefficient (Wildman–Crippen LogP) is 1.78. The average molecular weight is 260 g/mol. The molecular weight excluding hydrogens is 232 g/mol. The number of aliphatic hydroxyl groups excluding tert-OH is 1. The lowest BCUT2D eigenvalue weighted by molar-refractivity contribution is 0.0473. The first kappa shape index (κ1) is 17.2. The summed E-state index contributed by atoms with van der Waals surface area (Å²) in [6.45, 7) is 9.32. The molecule has 0 saturated heterocycles. The molecular formula is C13H28N2O3. The van der Waals surface area contributed by atoms with Gasteiger partial charge in [0, 0.05) is 12.1 Å². The Kier molecular flexibility index (Phi) is 7.25. The second-order valence-corrected chi connectivity index (χ2v) is 5.63. The lowest BCUT2D eigenvalue weighted by Crippen LogP contribution is -2.44. The molecule has 0 aromatic carbocycles. The Morgan fingerprint density at radius 2 is 1.89 bits per heavy atom. The molecule has 0 bridgehead atoms. The third kappa shape index (κ3) is 7.50. The van der Waals surface area contributed by atoms with Crippen LogP contribution in [0.3, 0.4) is 0 Å². The van der Waals surface area contributed by atoms with Gasteiger partial charge in [-0.3, -0.25) is 0 Å². The average Bonchev–Trinajstić information content (AvgIpc) is 2.24. The number of alkyl carbamates (subject to hydrolysis) is 1. The molecule has 1 amide bonds. The summed E-state index contributed by atoms with van der Waals surface area (Å²) in [5, 5.41) is 12.6. The van der Waals surface area contributed by atoms with Gasteiger partial charge >= 0.3 is 6.09 Å². The molecule has 5 nitrogen and oxygen atoms in total. The van der Waals surface area contributed by atoms with Gasteiger partial charge in [-0.25, -0.2) is 4.79 Å². The van der Waals surface area contributed by atoms with Crippen molar-refractivity contribution in [1.29, 1.82) is 0 Å².